The van der Waals surface area contributed by atoms with Crippen LogP contribution in [0.4, 0.5) is 0 Å². The topological polar surface area (TPSA) is 49.4 Å². The van der Waals surface area contributed by atoms with Gasteiger partial charge in [0.1, 0.15) is 6.04 Å². The summed E-state index contributed by atoms with van der Waals surface area (Å²) in [6.07, 6.45) is 0. The van der Waals surface area contributed by atoms with Gasteiger partial charge in [-0.3, -0.25) is 9.59 Å². The minimum Gasteiger partial charge on any atom is -0.354 e. The summed E-state index contributed by atoms with van der Waals surface area (Å²) >= 11 is 25.8. The zero-order chi connectivity index (χ0) is 23.8. The molecule has 0 bridgehead atoms. The Morgan fingerprint density at radius 1 is 0.969 bits per heavy atom. The number of nitrogens with zero attached hydrogens (tertiary/aromatic N) is 1. The predicted octanol–water partition coefficient (Wildman–Crippen LogP) is 6.72. The first-order valence-electron chi connectivity index (χ1n) is 10.1. The van der Waals surface area contributed by atoms with E-state index in [1.807, 2.05) is 19.9 Å². The maximum atomic E-state index is 13.1. The second kappa shape index (κ2) is 13.0. The van der Waals surface area contributed by atoms with E-state index in [0.29, 0.717) is 38.3 Å². The van der Waals surface area contributed by atoms with Crippen molar-refractivity contribution in [1.29, 1.82) is 0 Å². The second-order valence-corrected chi connectivity index (χ2v) is 10.5. The highest BCUT2D eigenvalue weighted by Gasteiger charge is 2.26. The first-order chi connectivity index (χ1) is 15.1. The molecule has 0 heterocycles. The summed E-state index contributed by atoms with van der Waals surface area (Å²) in [7, 11) is 0. The van der Waals surface area contributed by atoms with Crippen LogP contribution in [0.25, 0.3) is 0 Å². The molecular weight excluding hydrogens is 510 g/mol. The fourth-order valence-electron chi connectivity index (χ4n) is 2.84. The minimum absolute atomic E-state index is 0.159. The van der Waals surface area contributed by atoms with Crippen molar-refractivity contribution in [3.8, 4) is 0 Å². The molecule has 2 aromatic carbocycles. The van der Waals surface area contributed by atoms with E-state index in [1.165, 1.54) is 11.8 Å². The molecule has 1 atom stereocenters. The third-order valence-corrected chi connectivity index (χ3v) is 7.00. The van der Waals surface area contributed by atoms with Crippen LogP contribution in [-0.2, 0) is 21.9 Å². The summed E-state index contributed by atoms with van der Waals surface area (Å²) in [6, 6.07) is 9.86. The molecule has 0 aromatic heterocycles. The number of hydrogen-bond acceptors (Lipinski definition) is 3. The Morgan fingerprint density at radius 2 is 1.69 bits per heavy atom. The molecule has 0 aliphatic heterocycles. The lowest BCUT2D eigenvalue weighted by Crippen LogP contribution is -2.48. The standard InChI is InChI=1S/C23H26Cl4N2O2S/c1-14(2)10-28-23(31)15(3)29(11-17-5-6-18(24)9-20(17)26)22(30)13-32-12-16-4-7-19(25)21(27)8-16/h4-9,14-15H,10-13H2,1-3H3,(H,28,31)/t15-/m0/s1. The van der Waals surface area contributed by atoms with E-state index >= 15 is 0 Å². The summed E-state index contributed by atoms with van der Waals surface area (Å²) < 4.78 is 0. The van der Waals surface area contributed by atoms with Gasteiger partial charge in [0.2, 0.25) is 11.8 Å². The highest BCUT2D eigenvalue weighted by atomic mass is 35.5. The fourth-order valence-corrected chi connectivity index (χ4v) is 4.48. The SMILES string of the molecule is CC(C)CNC(=O)[C@H](C)N(Cc1ccc(Cl)cc1Cl)C(=O)CSCc1ccc(Cl)c(Cl)c1. The van der Waals surface area contributed by atoms with Gasteiger partial charge in [0.25, 0.3) is 0 Å². The summed E-state index contributed by atoms with van der Waals surface area (Å²) in [5.41, 5.74) is 1.69. The molecule has 4 nitrogen and oxygen atoms in total. The van der Waals surface area contributed by atoms with Crippen molar-refractivity contribution in [3.05, 3.63) is 67.6 Å². The number of hydrogen-bond donors (Lipinski definition) is 1. The average Bonchev–Trinajstić information content (AvgIpc) is 2.73. The summed E-state index contributed by atoms with van der Waals surface area (Å²) in [5.74, 6) is 0.738. The fraction of sp³-hybridized carbons (Fsp3) is 0.391. The van der Waals surface area contributed by atoms with Gasteiger partial charge in [-0.05, 0) is 48.2 Å². The zero-order valence-electron chi connectivity index (χ0n) is 18.1. The lowest BCUT2D eigenvalue weighted by Gasteiger charge is -2.29. The smallest absolute Gasteiger partial charge is 0.242 e. The van der Waals surface area contributed by atoms with Crippen molar-refractivity contribution in [2.24, 2.45) is 5.92 Å². The van der Waals surface area contributed by atoms with E-state index in [9.17, 15) is 9.59 Å². The van der Waals surface area contributed by atoms with Crippen molar-refractivity contribution in [3.63, 3.8) is 0 Å². The number of carbonyl (C=O) groups excluding carboxylic acids is 2. The molecule has 0 aliphatic carbocycles. The van der Waals surface area contributed by atoms with Crippen molar-refractivity contribution in [1.82, 2.24) is 10.2 Å². The van der Waals surface area contributed by atoms with Crippen LogP contribution < -0.4 is 5.32 Å². The summed E-state index contributed by atoms with van der Waals surface area (Å²) in [5, 5.41) is 4.83. The van der Waals surface area contributed by atoms with E-state index in [0.717, 1.165) is 11.1 Å². The van der Waals surface area contributed by atoms with Crippen LogP contribution >= 0.6 is 58.2 Å². The Bertz CT molecular complexity index is 956. The highest BCUT2D eigenvalue weighted by molar-refractivity contribution is 7.99. The summed E-state index contributed by atoms with van der Waals surface area (Å²) in [4.78, 5) is 27.4. The van der Waals surface area contributed by atoms with Gasteiger partial charge in [0, 0.05) is 28.9 Å². The van der Waals surface area contributed by atoms with Crippen LogP contribution in [-0.4, -0.2) is 35.1 Å². The van der Waals surface area contributed by atoms with Crippen molar-refractivity contribution in [2.75, 3.05) is 12.3 Å². The number of thioether (sulfide) groups is 1. The minimum atomic E-state index is -0.654. The normalized spacial score (nSPS) is 12.0. The van der Waals surface area contributed by atoms with Crippen molar-refractivity contribution < 1.29 is 9.59 Å². The molecule has 0 saturated heterocycles. The Balaban J connectivity index is 2.11. The van der Waals surface area contributed by atoms with Crippen LogP contribution in [0.5, 0.6) is 0 Å². The molecular formula is C23H26Cl4N2O2S. The van der Waals surface area contributed by atoms with Gasteiger partial charge in [-0.15, -0.1) is 11.8 Å². The van der Waals surface area contributed by atoms with Gasteiger partial charge in [0.15, 0.2) is 0 Å². The number of benzene rings is 2. The molecule has 0 unspecified atom stereocenters. The third-order valence-electron chi connectivity index (χ3n) is 4.69. The molecule has 2 aromatic rings. The maximum Gasteiger partial charge on any atom is 0.242 e. The van der Waals surface area contributed by atoms with Gasteiger partial charge in [-0.2, -0.15) is 0 Å². The van der Waals surface area contributed by atoms with E-state index in [4.69, 9.17) is 46.4 Å². The lowest BCUT2D eigenvalue weighted by atomic mass is 10.1. The van der Waals surface area contributed by atoms with Crippen LogP contribution in [0.1, 0.15) is 31.9 Å². The second-order valence-electron chi connectivity index (χ2n) is 7.81. The molecule has 9 heteroatoms. The Morgan fingerprint density at radius 3 is 2.31 bits per heavy atom. The van der Waals surface area contributed by atoms with Gasteiger partial charge in [0.05, 0.1) is 15.8 Å². The molecule has 0 fully saturated rings. The molecule has 32 heavy (non-hydrogen) atoms. The van der Waals surface area contributed by atoms with Crippen LogP contribution in [0.15, 0.2) is 36.4 Å². The number of halogens is 4. The largest absolute Gasteiger partial charge is 0.354 e. The quantitative estimate of drug-likeness (QED) is 0.367. The Labute approximate surface area is 213 Å². The molecule has 0 radical (unpaired) electrons. The first kappa shape index (κ1) is 27.1. The van der Waals surface area contributed by atoms with E-state index < -0.39 is 6.04 Å². The van der Waals surface area contributed by atoms with Crippen LogP contribution in [0.3, 0.4) is 0 Å². The third kappa shape index (κ3) is 8.35. The zero-order valence-corrected chi connectivity index (χ0v) is 22.0. The highest BCUT2D eigenvalue weighted by Crippen LogP contribution is 2.26. The molecule has 2 rings (SSSR count). The molecule has 1 N–H and O–H groups in total. The number of nitrogens with one attached hydrogen (secondary N) is 1. The molecule has 174 valence electrons. The molecule has 2 amide bonds. The number of amides is 2. The lowest BCUT2D eigenvalue weighted by molar-refractivity contribution is -0.138. The molecule has 0 spiro atoms. The van der Waals surface area contributed by atoms with Gasteiger partial charge >= 0.3 is 0 Å². The van der Waals surface area contributed by atoms with E-state index in [-0.39, 0.29) is 24.1 Å². The Kier molecular flexibility index (Phi) is 11.0. The van der Waals surface area contributed by atoms with E-state index in [2.05, 4.69) is 5.32 Å². The number of carbonyl (C=O) groups is 2. The Hall–Kier alpha value is -1.11. The van der Waals surface area contributed by atoms with Crippen molar-refractivity contribution in [2.45, 2.75) is 39.1 Å². The van der Waals surface area contributed by atoms with Gasteiger partial charge < -0.3 is 10.2 Å². The maximum absolute atomic E-state index is 13.1. The van der Waals surface area contributed by atoms with Gasteiger partial charge in [-0.1, -0.05) is 72.4 Å². The molecule has 0 aliphatic rings. The monoisotopic (exact) mass is 534 g/mol. The predicted molar refractivity (Wildman–Crippen MR) is 137 cm³/mol. The first-order valence-corrected chi connectivity index (χ1v) is 12.8. The number of rotatable bonds is 10. The molecule has 0 saturated carbocycles. The van der Waals surface area contributed by atoms with Crippen LogP contribution in [0.2, 0.25) is 20.1 Å². The van der Waals surface area contributed by atoms with E-state index in [1.54, 1.807) is 42.2 Å². The van der Waals surface area contributed by atoms with Gasteiger partial charge in [-0.25, -0.2) is 0 Å². The van der Waals surface area contributed by atoms with Crippen LogP contribution in [0, 0.1) is 5.92 Å². The van der Waals surface area contributed by atoms with Crippen molar-refractivity contribution >= 4 is 70.0 Å². The summed E-state index contributed by atoms with van der Waals surface area (Å²) in [6.45, 7) is 6.50. The average molecular weight is 536 g/mol.